The third kappa shape index (κ3) is 5.87. The molecule has 0 radical (unpaired) electrons. The molecule has 1 heterocycles. The second kappa shape index (κ2) is 7.74. The van der Waals surface area contributed by atoms with Gasteiger partial charge in [-0.1, -0.05) is 26.8 Å². The second-order valence-corrected chi connectivity index (χ2v) is 6.81. The average molecular weight is 341 g/mol. The fourth-order valence-electron chi connectivity index (χ4n) is 1.93. The maximum absolute atomic E-state index is 12.2. The van der Waals surface area contributed by atoms with E-state index in [0.717, 1.165) is 0 Å². The van der Waals surface area contributed by atoms with E-state index in [1.54, 1.807) is 31.2 Å². The van der Waals surface area contributed by atoms with Crippen molar-refractivity contribution >= 4 is 23.2 Å². The van der Waals surface area contributed by atoms with Crippen molar-refractivity contribution in [2.45, 2.75) is 33.7 Å². The van der Waals surface area contributed by atoms with Crippen molar-refractivity contribution in [3.05, 3.63) is 49.1 Å². The lowest BCUT2D eigenvalue weighted by Crippen LogP contribution is -2.24. The van der Waals surface area contributed by atoms with Crippen molar-refractivity contribution in [2.75, 3.05) is 10.6 Å². The van der Waals surface area contributed by atoms with Crippen molar-refractivity contribution in [1.29, 1.82) is 0 Å². The SMILES string of the molecule is CC(C(=O)Nc1ccc(NC(=O)/C=C/C(C)(C)C)cc1)n1cncn1. The second-order valence-electron chi connectivity index (χ2n) is 6.81. The van der Waals surface area contributed by atoms with E-state index in [1.807, 2.05) is 26.8 Å². The standard InChI is InChI=1S/C18H23N5O2/c1-13(23-12-19-11-20-23)17(25)22-15-7-5-14(6-8-15)21-16(24)9-10-18(2,3)4/h5-13H,1-4H3,(H,21,24)(H,22,25)/b10-9+. The highest BCUT2D eigenvalue weighted by Gasteiger charge is 2.15. The molecule has 0 aliphatic heterocycles. The molecule has 7 nitrogen and oxygen atoms in total. The van der Waals surface area contributed by atoms with Crippen LogP contribution < -0.4 is 10.6 Å². The van der Waals surface area contributed by atoms with Crippen LogP contribution in [0.4, 0.5) is 11.4 Å². The van der Waals surface area contributed by atoms with Gasteiger partial charge in [-0.2, -0.15) is 5.10 Å². The fraction of sp³-hybridized carbons (Fsp3) is 0.333. The summed E-state index contributed by atoms with van der Waals surface area (Å²) in [5, 5.41) is 9.53. The number of aromatic nitrogens is 3. The summed E-state index contributed by atoms with van der Waals surface area (Å²) >= 11 is 0. The first-order chi connectivity index (χ1) is 11.7. The summed E-state index contributed by atoms with van der Waals surface area (Å²) in [7, 11) is 0. The Kier molecular flexibility index (Phi) is 5.69. The number of hydrogen-bond donors (Lipinski definition) is 2. The lowest BCUT2D eigenvalue weighted by molar-refractivity contribution is -0.119. The van der Waals surface area contributed by atoms with Gasteiger partial charge in [-0.05, 0) is 42.7 Å². The van der Waals surface area contributed by atoms with Gasteiger partial charge < -0.3 is 10.6 Å². The van der Waals surface area contributed by atoms with Crippen LogP contribution in [0, 0.1) is 5.41 Å². The molecule has 0 aliphatic carbocycles. The fourth-order valence-corrected chi connectivity index (χ4v) is 1.93. The first kappa shape index (κ1) is 18.4. The van der Waals surface area contributed by atoms with Crippen LogP contribution in [0.5, 0.6) is 0 Å². The van der Waals surface area contributed by atoms with E-state index < -0.39 is 6.04 Å². The number of carbonyl (C=O) groups is 2. The Morgan fingerprint density at radius 3 is 2.24 bits per heavy atom. The third-order valence-electron chi connectivity index (χ3n) is 3.37. The first-order valence-electron chi connectivity index (χ1n) is 8.00. The molecule has 0 saturated heterocycles. The van der Waals surface area contributed by atoms with Gasteiger partial charge in [0.15, 0.2) is 0 Å². The van der Waals surface area contributed by atoms with Gasteiger partial charge in [0, 0.05) is 11.4 Å². The van der Waals surface area contributed by atoms with E-state index >= 15 is 0 Å². The van der Waals surface area contributed by atoms with Gasteiger partial charge in [0.05, 0.1) is 0 Å². The smallest absolute Gasteiger partial charge is 0.249 e. The summed E-state index contributed by atoms with van der Waals surface area (Å²) in [5.41, 5.74) is 1.25. The highest BCUT2D eigenvalue weighted by atomic mass is 16.2. The topological polar surface area (TPSA) is 88.9 Å². The Labute approximate surface area is 147 Å². The predicted molar refractivity (Wildman–Crippen MR) is 97.0 cm³/mol. The quantitative estimate of drug-likeness (QED) is 0.818. The third-order valence-corrected chi connectivity index (χ3v) is 3.37. The molecule has 2 aromatic rings. The van der Waals surface area contributed by atoms with E-state index in [-0.39, 0.29) is 17.2 Å². The van der Waals surface area contributed by atoms with Gasteiger partial charge in [-0.15, -0.1) is 0 Å². The van der Waals surface area contributed by atoms with Gasteiger partial charge in [0.2, 0.25) is 11.8 Å². The molecule has 1 atom stereocenters. The molecule has 1 aromatic heterocycles. The summed E-state index contributed by atoms with van der Waals surface area (Å²) in [6, 6.07) is 6.46. The van der Waals surface area contributed by atoms with E-state index in [2.05, 4.69) is 20.7 Å². The molecule has 0 aliphatic rings. The Morgan fingerprint density at radius 2 is 1.72 bits per heavy atom. The molecule has 2 amide bonds. The number of hydrogen-bond acceptors (Lipinski definition) is 4. The van der Waals surface area contributed by atoms with Crippen molar-refractivity contribution < 1.29 is 9.59 Å². The number of amides is 2. The van der Waals surface area contributed by atoms with Crippen molar-refractivity contribution in [1.82, 2.24) is 14.8 Å². The molecular formula is C18H23N5O2. The highest BCUT2D eigenvalue weighted by Crippen LogP contribution is 2.17. The highest BCUT2D eigenvalue weighted by molar-refractivity contribution is 5.99. The molecule has 132 valence electrons. The van der Waals surface area contributed by atoms with Crippen LogP contribution in [0.3, 0.4) is 0 Å². The number of benzene rings is 1. The summed E-state index contributed by atoms with van der Waals surface area (Å²) in [4.78, 5) is 27.9. The predicted octanol–water partition coefficient (Wildman–Crippen LogP) is 3.02. The van der Waals surface area contributed by atoms with E-state index in [0.29, 0.717) is 11.4 Å². The molecule has 7 heteroatoms. The molecule has 25 heavy (non-hydrogen) atoms. The molecule has 1 aromatic carbocycles. The monoisotopic (exact) mass is 341 g/mol. The Bertz CT molecular complexity index is 743. The molecule has 0 bridgehead atoms. The zero-order valence-corrected chi connectivity index (χ0v) is 14.9. The van der Waals surface area contributed by atoms with Gasteiger partial charge in [-0.25, -0.2) is 9.67 Å². The minimum atomic E-state index is -0.468. The minimum absolute atomic E-state index is 0.0493. The molecule has 1 unspecified atom stereocenters. The van der Waals surface area contributed by atoms with E-state index in [1.165, 1.54) is 23.4 Å². The molecule has 2 N–H and O–H groups in total. The molecule has 2 rings (SSSR count). The summed E-state index contributed by atoms with van der Waals surface area (Å²) in [5.74, 6) is -0.387. The van der Waals surface area contributed by atoms with Crippen LogP contribution in [0.1, 0.15) is 33.7 Å². The lowest BCUT2D eigenvalue weighted by atomic mass is 9.96. The van der Waals surface area contributed by atoms with Crippen molar-refractivity contribution in [3.63, 3.8) is 0 Å². The van der Waals surface area contributed by atoms with Gasteiger partial charge in [0.25, 0.3) is 0 Å². The zero-order chi connectivity index (χ0) is 18.4. The van der Waals surface area contributed by atoms with Crippen LogP contribution in [-0.2, 0) is 9.59 Å². The van der Waals surface area contributed by atoms with Crippen LogP contribution in [0.25, 0.3) is 0 Å². The summed E-state index contributed by atoms with van der Waals surface area (Å²) < 4.78 is 1.48. The van der Waals surface area contributed by atoms with Crippen LogP contribution in [0.15, 0.2) is 49.1 Å². The molecule has 0 saturated carbocycles. The number of rotatable bonds is 5. The van der Waals surface area contributed by atoms with Crippen LogP contribution >= 0.6 is 0 Å². The van der Waals surface area contributed by atoms with E-state index in [4.69, 9.17) is 0 Å². The Hall–Kier alpha value is -2.96. The number of carbonyl (C=O) groups excluding carboxylic acids is 2. The maximum atomic E-state index is 12.2. The number of allylic oxidation sites excluding steroid dienone is 1. The lowest BCUT2D eigenvalue weighted by Gasteiger charge is -2.13. The van der Waals surface area contributed by atoms with Crippen molar-refractivity contribution in [3.8, 4) is 0 Å². The Morgan fingerprint density at radius 1 is 1.12 bits per heavy atom. The summed E-state index contributed by atoms with van der Waals surface area (Å²) in [6.45, 7) is 7.80. The maximum Gasteiger partial charge on any atom is 0.249 e. The zero-order valence-electron chi connectivity index (χ0n) is 14.9. The number of nitrogens with zero attached hydrogens (tertiary/aromatic N) is 3. The van der Waals surface area contributed by atoms with Gasteiger partial charge >= 0.3 is 0 Å². The average Bonchev–Trinajstić information content (AvgIpc) is 3.08. The molecular weight excluding hydrogens is 318 g/mol. The Balaban J connectivity index is 1.92. The first-order valence-corrected chi connectivity index (χ1v) is 8.00. The van der Waals surface area contributed by atoms with Gasteiger partial charge in [0.1, 0.15) is 18.7 Å². The van der Waals surface area contributed by atoms with Gasteiger partial charge in [-0.3, -0.25) is 9.59 Å². The number of anilines is 2. The van der Waals surface area contributed by atoms with Crippen molar-refractivity contribution in [2.24, 2.45) is 5.41 Å². The molecule has 0 spiro atoms. The van der Waals surface area contributed by atoms with Crippen LogP contribution in [0.2, 0.25) is 0 Å². The number of nitrogens with one attached hydrogen (secondary N) is 2. The molecule has 0 fully saturated rings. The van der Waals surface area contributed by atoms with E-state index in [9.17, 15) is 9.59 Å². The van der Waals surface area contributed by atoms with Crippen LogP contribution in [-0.4, -0.2) is 26.6 Å². The summed E-state index contributed by atoms with van der Waals surface area (Å²) in [6.07, 6.45) is 6.25. The minimum Gasteiger partial charge on any atom is -0.324 e. The normalized spacial score (nSPS) is 12.8. The largest absolute Gasteiger partial charge is 0.324 e.